The van der Waals surface area contributed by atoms with E-state index in [1.54, 1.807) is 7.11 Å². The van der Waals surface area contributed by atoms with Gasteiger partial charge < -0.3 is 15.2 Å². The molecule has 0 aromatic heterocycles. The molecule has 0 spiro atoms. The lowest BCUT2D eigenvalue weighted by Gasteiger charge is -2.20. The molecule has 3 nitrogen and oxygen atoms in total. The van der Waals surface area contributed by atoms with E-state index in [1.165, 1.54) is 6.42 Å². The molecule has 2 atom stereocenters. The molecule has 0 heterocycles. The Bertz CT molecular complexity index is 404. The molecule has 0 saturated carbocycles. The van der Waals surface area contributed by atoms with Crippen molar-refractivity contribution in [2.75, 3.05) is 13.7 Å². The van der Waals surface area contributed by atoms with E-state index in [1.807, 2.05) is 25.1 Å². The number of aliphatic hydroxyl groups excluding tert-OH is 1. The Morgan fingerprint density at radius 2 is 1.90 bits per heavy atom. The summed E-state index contributed by atoms with van der Waals surface area (Å²) in [5, 5.41) is 13.7. The molecule has 0 saturated heterocycles. The molecule has 0 amide bonds. The summed E-state index contributed by atoms with van der Waals surface area (Å²) in [6.45, 7) is 9.22. The van der Waals surface area contributed by atoms with E-state index in [2.05, 4.69) is 26.1 Å². The first-order chi connectivity index (χ1) is 9.43. The quantitative estimate of drug-likeness (QED) is 0.766. The smallest absolute Gasteiger partial charge is 0.124 e. The van der Waals surface area contributed by atoms with Gasteiger partial charge in [-0.3, -0.25) is 0 Å². The topological polar surface area (TPSA) is 41.5 Å². The average molecular weight is 279 g/mol. The molecule has 0 bridgehead atoms. The van der Waals surface area contributed by atoms with Crippen LogP contribution in [0, 0.1) is 12.8 Å². The van der Waals surface area contributed by atoms with E-state index in [0.29, 0.717) is 12.6 Å². The van der Waals surface area contributed by atoms with Crippen LogP contribution in [0.3, 0.4) is 0 Å². The van der Waals surface area contributed by atoms with Crippen LogP contribution < -0.4 is 10.1 Å². The Kier molecular flexibility index (Phi) is 7.03. The second kappa shape index (κ2) is 8.28. The highest BCUT2D eigenvalue weighted by atomic mass is 16.5. The summed E-state index contributed by atoms with van der Waals surface area (Å²) in [4.78, 5) is 0. The highest BCUT2D eigenvalue weighted by Gasteiger charge is 2.14. The second-order valence-corrected chi connectivity index (χ2v) is 6.04. The Balaban J connectivity index is 2.54. The van der Waals surface area contributed by atoms with Crippen molar-refractivity contribution >= 4 is 0 Å². The van der Waals surface area contributed by atoms with Gasteiger partial charge in [-0.05, 0) is 44.7 Å². The number of methoxy groups -OCH3 is 1. The van der Waals surface area contributed by atoms with E-state index >= 15 is 0 Å². The molecule has 20 heavy (non-hydrogen) atoms. The number of aryl methyl sites for hydroxylation is 1. The number of benzene rings is 1. The van der Waals surface area contributed by atoms with Gasteiger partial charge in [0.05, 0.1) is 13.2 Å². The highest BCUT2D eigenvalue weighted by Crippen LogP contribution is 2.26. The van der Waals surface area contributed by atoms with Gasteiger partial charge in [0, 0.05) is 18.2 Å². The standard InChI is InChI=1S/C17H29NO2/c1-12(2)6-8-14(4)18-11-16(19)15-10-13(3)7-9-17(15)20-5/h7,9-10,12,14,16,18-19H,6,8,11H2,1-5H3. The summed E-state index contributed by atoms with van der Waals surface area (Å²) >= 11 is 0. The van der Waals surface area contributed by atoms with Gasteiger partial charge in [0.2, 0.25) is 0 Å². The van der Waals surface area contributed by atoms with Crippen LogP contribution in [0.2, 0.25) is 0 Å². The van der Waals surface area contributed by atoms with Crippen LogP contribution >= 0.6 is 0 Å². The summed E-state index contributed by atoms with van der Waals surface area (Å²) in [6.07, 6.45) is 1.80. The van der Waals surface area contributed by atoms with Crippen molar-refractivity contribution in [3.63, 3.8) is 0 Å². The molecular weight excluding hydrogens is 250 g/mol. The third-order valence-corrected chi connectivity index (χ3v) is 3.58. The molecular formula is C17H29NO2. The fourth-order valence-corrected chi connectivity index (χ4v) is 2.22. The molecule has 1 aromatic rings. The minimum Gasteiger partial charge on any atom is -0.496 e. The average Bonchev–Trinajstić information content (AvgIpc) is 2.42. The van der Waals surface area contributed by atoms with Gasteiger partial charge in [0.1, 0.15) is 5.75 Å². The lowest BCUT2D eigenvalue weighted by atomic mass is 10.0. The first-order valence-electron chi connectivity index (χ1n) is 7.50. The van der Waals surface area contributed by atoms with Crippen molar-refractivity contribution in [3.8, 4) is 5.75 Å². The largest absolute Gasteiger partial charge is 0.496 e. The van der Waals surface area contributed by atoms with Crippen molar-refractivity contribution in [2.24, 2.45) is 5.92 Å². The van der Waals surface area contributed by atoms with Gasteiger partial charge >= 0.3 is 0 Å². The molecule has 1 aromatic carbocycles. The van der Waals surface area contributed by atoms with Crippen molar-refractivity contribution in [1.82, 2.24) is 5.32 Å². The van der Waals surface area contributed by atoms with Crippen LogP contribution in [0.25, 0.3) is 0 Å². The van der Waals surface area contributed by atoms with Gasteiger partial charge in [0.15, 0.2) is 0 Å². The van der Waals surface area contributed by atoms with Crippen LogP contribution in [0.5, 0.6) is 5.75 Å². The number of rotatable bonds is 8. The zero-order valence-corrected chi connectivity index (χ0v) is 13.4. The van der Waals surface area contributed by atoms with Gasteiger partial charge in [0.25, 0.3) is 0 Å². The predicted octanol–water partition coefficient (Wildman–Crippen LogP) is 3.45. The summed E-state index contributed by atoms with van der Waals surface area (Å²) < 4.78 is 5.32. The Hall–Kier alpha value is -1.06. The molecule has 1 rings (SSSR count). The number of ether oxygens (including phenoxy) is 1. The van der Waals surface area contributed by atoms with Crippen molar-refractivity contribution in [1.29, 1.82) is 0 Å². The first-order valence-corrected chi connectivity index (χ1v) is 7.50. The zero-order chi connectivity index (χ0) is 15.1. The van der Waals surface area contributed by atoms with Crippen LogP contribution in [0.4, 0.5) is 0 Å². The number of nitrogens with one attached hydrogen (secondary N) is 1. The maximum absolute atomic E-state index is 10.3. The monoisotopic (exact) mass is 279 g/mol. The molecule has 2 unspecified atom stereocenters. The lowest BCUT2D eigenvalue weighted by molar-refractivity contribution is 0.165. The molecule has 114 valence electrons. The molecule has 2 N–H and O–H groups in total. The minimum absolute atomic E-state index is 0.419. The molecule has 0 aliphatic rings. The number of hydrogen-bond donors (Lipinski definition) is 2. The number of aliphatic hydroxyl groups is 1. The summed E-state index contributed by atoms with van der Waals surface area (Å²) in [7, 11) is 1.64. The van der Waals surface area contributed by atoms with Gasteiger partial charge in [-0.2, -0.15) is 0 Å². The summed E-state index contributed by atoms with van der Waals surface area (Å²) in [5.74, 6) is 1.47. The van der Waals surface area contributed by atoms with Crippen LogP contribution in [0.1, 0.15) is 50.8 Å². The van der Waals surface area contributed by atoms with Crippen molar-refractivity contribution in [3.05, 3.63) is 29.3 Å². The second-order valence-electron chi connectivity index (χ2n) is 6.04. The van der Waals surface area contributed by atoms with Gasteiger partial charge in [-0.15, -0.1) is 0 Å². The van der Waals surface area contributed by atoms with E-state index in [0.717, 1.165) is 29.2 Å². The predicted molar refractivity (Wildman–Crippen MR) is 84.2 cm³/mol. The molecule has 0 aliphatic carbocycles. The van der Waals surface area contributed by atoms with Crippen LogP contribution in [0.15, 0.2) is 18.2 Å². The zero-order valence-electron chi connectivity index (χ0n) is 13.4. The van der Waals surface area contributed by atoms with E-state index in [9.17, 15) is 5.11 Å². The maximum atomic E-state index is 10.3. The third-order valence-electron chi connectivity index (χ3n) is 3.58. The lowest BCUT2D eigenvalue weighted by Crippen LogP contribution is -2.30. The first kappa shape index (κ1) is 17.0. The minimum atomic E-state index is -0.536. The van der Waals surface area contributed by atoms with Gasteiger partial charge in [-0.1, -0.05) is 25.5 Å². The van der Waals surface area contributed by atoms with Crippen molar-refractivity contribution in [2.45, 2.75) is 52.7 Å². The Labute approximate surface area is 123 Å². The van der Waals surface area contributed by atoms with Crippen LogP contribution in [-0.4, -0.2) is 24.8 Å². The Morgan fingerprint density at radius 3 is 2.50 bits per heavy atom. The van der Waals surface area contributed by atoms with Gasteiger partial charge in [-0.25, -0.2) is 0 Å². The Morgan fingerprint density at radius 1 is 1.20 bits per heavy atom. The fourth-order valence-electron chi connectivity index (χ4n) is 2.22. The van der Waals surface area contributed by atoms with E-state index < -0.39 is 6.10 Å². The summed E-state index contributed by atoms with van der Waals surface area (Å²) in [6, 6.07) is 6.32. The van der Waals surface area contributed by atoms with Crippen LogP contribution in [-0.2, 0) is 0 Å². The van der Waals surface area contributed by atoms with Crippen molar-refractivity contribution < 1.29 is 9.84 Å². The van der Waals surface area contributed by atoms with E-state index in [4.69, 9.17) is 4.74 Å². The molecule has 0 aliphatic heterocycles. The SMILES string of the molecule is COc1ccc(C)cc1C(O)CNC(C)CCC(C)C. The normalized spacial score (nSPS) is 14.3. The highest BCUT2D eigenvalue weighted by molar-refractivity contribution is 5.38. The number of hydrogen-bond acceptors (Lipinski definition) is 3. The third kappa shape index (κ3) is 5.51. The van der Waals surface area contributed by atoms with E-state index in [-0.39, 0.29) is 0 Å². The fraction of sp³-hybridized carbons (Fsp3) is 0.647. The molecule has 3 heteroatoms. The summed E-state index contributed by atoms with van der Waals surface area (Å²) in [5.41, 5.74) is 1.99. The molecule has 0 fully saturated rings. The maximum Gasteiger partial charge on any atom is 0.124 e. The molecule has 0 radical (unpaired) electrons.